The van der Waals surface area contributed by atoms with Crippen LogP contribution >= 0.6 is 27.3 Å². The molecular weight excluding hydrogens is 306 g/mol. The Bertz CT molecular complexity index is 390. The first-order valence-electron chi connectivity index (χ1n) is 7.27. The highest BCUT2D eigenvalue weighted by Crippen LogP contribution is 2.40. The zero-order chi connectivity index (χ0) is 12.4. The van der Waals surface area contributed by atoms with Gasteiger partial charge in [0.25, 0.3) is 0 Å². The van der Waals surface area contributed by atoms with Crippen molar-refractivity contribution in [3.8, 4) is 0 Å². The number of hydrogen-bond donors (Lipinski definition) is 1. The summed E-state index contributed by atoms with van der Waals surface area (Å²) < 4.78 is 1.22. The molecule has 2 aliphatic carbocycles. The first-order valence-corrected chi connectivity index (χ1v) is 8.95. The predicted octanol–water partition coefficient (Wildman–Crippen LogP) is 4.96. The summed E-state index contributed by atoms with van der Waals surface area (Å²) in [5, 5.41) is 5.95. The van der Waals surface area contributed by atoms with Crippen molar-refractivity contribution in [1.82, 2.24) is 5.32 Å². The number of halogens is 1. The molecule has 0 spiro atoms. The van der Waals surface area contributed by atoms with Crippen molar-refractivity contribution < 1.29 is 0 Å². The second-order valence-electron chi connectivity index (χ2n) is 5.93. The molecule has 1 aromatic rings. The minimum Gasteiger partial charge on any atom is -0.309 e. The number of thiophene rings is 1. The molecule has 0 bridgehead atoms. The molecule has 2 fully saturated rings. The lowest BCUT2D eigenvalue weighted by Crippen LogP contribution is -2.38. The lowest BCUT2D eigenvalue weighted by atomic mass is 9.69. The van der Waals surface area contributed by atoms with Crippen molar-refractivity contribution in [2.24, 2.45) is 11.8 Å². The standard InChI is InChI=1S/C15H22BrNS/c16-13-8-15(18-10-13)9-17-14-6-5-11-3-1-2-4-12(11)7-14/h8,10-12,14,17H,1-7,9H2. The number of fused-ring (bicyclic) bond motifs is 1. The molecule has 2 saturated carbocycles. The quantitative estimate of drug-likeness (QED) is 0.827. The van der Waals surface area contributed by atoms with Gasteiger partial charge in [0.15, 0.2) is 0 Å². The Morgan fingerprint density at radius 3 is 2.78 bits per heavy atom. The molecule has 0 aromatic carbocycles. The van der Waals surface area contributed by atoms with E-state index < -0.39 is 0 Å². The van der Waals surface area contributed by atoms with Crippen molar-refractivity contribution in [2.45, 2.75) is 57.5 Å². The van der Waals surface area contributed by atoms with Gasteiger partial charge >= 0.3 is 0 Å². The molecule has 3 heteroatoms. The van der Waals surface area contributed by atoms with Gasteiger partial charge in [-0.1, -0.05) is 25.7 Å². The van der Waals surface area contributed by atoms with Gasteiger partial charge in [-0.2, -0.15) is 0 Å². The maximum Gasteiger partial charge on any atom is 0.0302 e. The first-order chi connectivity index (χ1) is 8.81. The summed E-state index contributed by atoms with van der Waals surface area (Å²) in [7, 11) is 0. The molecule has 3 rings (SSSR count). The van der Waals surface area contributed by atoms with Crippen LogP contribution in [0.4, 0.5) is 0 Å². The lowest BCUT2D eigenvalue weighted by molar-refractivity contribution is 0.143. The zero-order valence-electron chi connectivity index (χ0n) is 10.8. The molecule has 0 saturated heterocycles. The maximum atomic E-state index is 3.77. The van der Waals surface area contributed by atoms with Crippen molar-refractivity contribution in [1.29, 1.82) is 0 Å². The van der Waals surface area contributed by atoms with E-state index in [9.17, 15) is 0 Å². The van der Waals surface area contributed by atoms with Crippen LogP contribution < -0.4 is 5.32 Å². The third kappa shape index (κ3) is 3.17. The molecule has 3 unspecified atom stereocenters. The van der Waals surface area contributed by atoms with E-state index in [-0.39, 0.29) is 0 Å². The molecule has 0 radical (unpaired) electrons. The van der Waals surface area contributed by atoms with E-state index in [0.29, 0.717) is 0 Å². The van der Waals surface area contributed by atoms with Crippen LogP contribution in [0.3, 0.4) is 0 Å². The molecule has 1 heterocycles. The van der Waals surface area contributed by atoms with E-state index in [1.165, 1.54) is 54.3 Å². The first kappa shape index (κ1) is 13.1. The Morgan fingerprint density at radius 1 is 1.17 bits per heavy atom. The third-order valence-corrected chi connectivity index (χ3v) is 6.42. The highest BCUT2D eigenvalue weighted by molar-refractivity contribution is 9.10. The van der Waals surface area contributed by atoms with Crippen LogP contribution in [0.2, 0.25) is 0 Å². The molecule has 0 aliphatic heterocycles. The summed E-state index contributed by atoms with van der Waals surface area (Å²) in [6.45, 7) is 1.05. The van der Waals surface area contributed by atoms with Crippen molar-refractivity contribution in [3.63, 3.8) is 0 Å². The van der Waals surface area contributed by atoms with E-state index >= 15 is 0 Å². The van der Waals surface area contributed by atoms with Crippen LogP contribution in [0.25, 0.3) is 0 Å². The number of rotatable bonds is 3. The highest BCUT2D eigenvalue weighted by Gasteiger charge is 2.31. The predicted molar refractivity (Wildman–Crippen MR) is 81.9 cm³/mol. The third-order valence-electron chi connectivity index (χ3n) is 4.73. The van der Waals surface area contributed by atoms with Gasteiger partial charge in [0.05, 0.1) is 0 Å². The Kier molecular flexibility index (Phi) is 4.42. The topological polar surface area (TPSA) is 12.0 Å². The summed E-state index contributed by atoms with van der Waals surface area (Å²) >= 11 is 5.38. The Balaban J connectivity index is 1.49. The summed E-state index contributed by atoms with van der Waals surface area (Å²) in [5.74, 6) is 2.09. The monoisotopic (exact) mass is 327 g/mol. The molecule has 2 aliphatic rings. The summed E-state index contributed by atoms with van der Waals surface area (Å²) in [5.41, 5.74) is 0. The minimum atomic E-state index is 0.769. The van der Waals surface area contributed by atoms with Gasteiger partial charge in [0, 0.05) is 27.3 Å². The molecule has 0 amide bonds. The van der Waals surface area contributed by atoms with E-state index in [2.05, 4.69) is 32.7 Å². The van der Waals surface area contributed by atoms with Gasteiger partial charge in [-0.3, -0.25) is 0 Å². The van der Waals surface area contributed by atoms with Gasteiger partial charge < -0.3 is 5.32 Å². The van der Waals surface area contributed by atoms with E-state index in [0.717, 1.165) is 24.4 Å². The highest BCUT2D eigenvalue weighted by atomic mass is 79.9. The van der Waals surface area contributed by atoms with Gasteiger partial charge in [-0.15, -0.1) is 11.3 Å². The minimum absolute atomic E-state index is 0.769. The molecule has 18 heavy (non-hydrogen) atoms. The average Bonchev–Trinajstić information content (AvgIpc) is 2.82. The molecule has 1 aromatic heterocycles. The van der Waals surface area contributed by atoms with Gasteiger partial charge in [-0.25, -0.2) is 0 Å². The second kappa shape index (κ2) is 6.06. The van der Waals surface area contributed by atoms with E-state index in [1.54, 1.807) is 0 Å². The van der Waals surface area contributed by atoms with E-state index in [1.807, 2.05) is 11.3 Å². The van der Waals surface area contributed by atoms with Crippen molar-refractivity contribution >= 4 is 27.3 Å². The smallest absolute Gasteiger partial charge is 0.0302 e. The molecule has 1 N–H and O–H groups in total. The van der Waals surface area contributed by atoms with Crippen LogP contribution in [0.15, 0.2) is 15.9 Å². The van der Waals surface area contributed by atoms with E-state index in [4.69, 9.17) is 0 Å². The Labute approximate surface area is 122 Å². The summed E-state index contributed by atoms with van der Waals surface area (Å²) in [6.07, 6.45) is 10.3. The second-order valence-corrected chi connectivity index (χ2v) is 7.84. The summed E-state index contributed by atoms with van der Waals surface area (Å²) in [6, 6.07) is 3.01. The van der Waals surface area contributed by atoms with Gasteiger partial charge in [0.1, 0.15) is 0 Å². The maximum absolute atomic E-state index is 3.77. The SMILES string of the molecule is Brc1csc(CNC2CCC3CCCCC3C2)c1. The largest absolute Gasteiger partial charge is 0.309 e. The zero-order valence-corrected chi connectivity index (χ0v) is 13.2. The fraction of sp³-hybridized carbons (Fsp3) is 0.733. The average molecular weight is 328 g/mol. The fourth-order valence-electron chi connectivity index (χ4n) is 3.75. The fourth-order valence-corrected chi connectivity index (χ4v) is 5.15. The van der Waals surface area contributed by atoms with Crippen molar-refractivity contribution in [2.75, 3.05) is 0 Å². The number of nitrogens with one attached hydrogen (secondary N) is 1. The van der Waals surface area contributed by atoms with Crippen LogP contribution in [0.5, 0.6) is 0 Å². The number of hydrogen-bond acceptors (Lipinski definition) is 2. The Morgan fingerprint density at radius 2 is 2.00 bits per heavy atom. The van der Waals surface area contributed by atoms with Gasteiger partial charge in [0.2, 0.25) is 0 Å². The van der Waals surface area contributed by atoms with Crippen LogP contribution in [0.1, 0.15) is 49.8 Å². The van der Waals surface area contributed by atoms with Crippen LogP contribution in [-0.4, -0.2) is 6.04 Å². The summed E-state index contributed by atoms with van der Waals surface area (Å²) in [4.78, 5) is 1.45. The normalized spacial score (nSPS) is 32.2. The van der Waals surface area contributed by atoms with Crippen LogP contribution in [0, 0.1) is 11.8 Å². The van der Waals surface area contributed by atoms with Crippen LogP contribution in [-0.2, 0) is 6.54 Å². The molecule has 100 valence electrons. The molecule has 1 nitrogen and oxygen atoms in total. The molecular formula is C15H22BrNS. The molecule has 3 atom stereocenters. The Hall–Kier alpha value is 0.140. The lowest BCUT2D eigenvalue weighted by Gasteiger charge is -2.39. The van der Waals surface area contributed by atoms with Crippen molar-refractivity contribution in [3.05, 3.63) is 20.8 Å². The van der Waals surface area contributed by atoms with Gasteiger partial charge in [-0.05, 0) is 53.1 Å².